The van der Waals surface area contributed by atoms with Crippen molar-refractivity contribution in [3.8, 4) is 10.4 Å². The molecule has 1 saturated carbocycles. The van der Waals surface area contributed by atoms with Gasteiger partial charge in [-0.1, -0.05) is 23.8 Å². The summed E-state index contributed by atoms with van der Waals surface area (Å²) < 4.78 is 0. The number of benzene rings is 1. The van der Waals surface area contributed by atoms with E-state index >= 15 is 0 Å². The van der Waals surface area contributed by atoms with E-state index in [9.17, 15) is 0 Å². The van der Waals surface area contributed by atoms with Gasteiger partial charge >= 0.3 is 0 Å². The van der Waals surface area contributed by atoms with Crippen molar-refractivity contribution in [1.29, 1.82) is 0 Å². The SMILES string of the molecule is Cc1ccc(-c2ccc(CNC3CC3)s2)c(C)c1. The van der Waals surface area contributed by atoms with Crippen LogP contribution in [0.1, 0.15) is 28.8 Å². The van der Waals surface area contributed by atoms with Gasteiger partial charge in [-0.15, -0.1) is 11.3 Å². The molecule has 18 heavy (non-hydrogen) atoms. The first-order valence-electron chi connectivity index (χ1n) is 6.62. The Kier molecular flexibility index (Phi) is 3.23. The normalized spacial score (nSPS) is 15.0. The Labute approximate surface area is 113 Å². The zero-order chi connectivity index (χ0) is 12.5. The van der Waals surface area contributed by atoms with Crippen LogP contribution in [0, 0.1) is 13.8 Å². The molecule has 0 bridgehead atoms. The third kappa shape index (κ3) is 2.65. The molecule has 3 rings (SSSR count). The van der Waals surface area contributed by atoms with E-state index in [1.807, 2.05) is 11.3 Å². The van der Waals surface area contributed by atoms with Crippen molar-refractivity contribution in [1.82, 2.24) is 5.32 Å². The molecular weight excluding hydrogens is 238 g/mol. The third-order valence-corrected chi connectivity index (χ3v) is 4.57. The molecule has 1 aliphatic carbocycles. The number of rotatable bonds is 4. The zero-order valence-electron chi connectivity index (χ0n) is 11.0. The lowest BCUT2D eigenvalue weighted by Gasteiger charge is -2.04. The summed E-state index contributed by atoms with van der Waals surface area (Å²) in [6.07, 6.45) is 2.71. The lowest BCUT2D eigenvalue weighted by atomic mass is 10.0. The van der Waals surface area contributed by atoms with Crippen molar-refractivity contribution in [3.63, 3.8) is 0 Å². The van der Waals surface area contributed by atoms with Crippen LogP contribution in [0.2, 0.25) is 0 Å². The average molecular weight is 257 g/mol. The number of hydrogen-bond donors (Lipinski definition) is 1. The molecule has 1 nitrogen and oxygen atoms in total. The van der Waals surface area contributed by atoms with Crippen molar-refractivity contribution >= 4 is 11.3 Å². The summed E-state index contributed by atoms with van der Waals surface area (Å²) in [4.78, 5) is 2.83. The zero-order valence-corrected chi connectivity index (χ0v) is 11.8. The summed E-state index contributed by atoms with van der Waals surface area (Å²) in [7, 11) is 0. The molecule has 1 aromatic carbocycles. The van der Waals surface area contributed by atoms with Crippen molar-refractivity contribution in [2.45, 2.75) is 39.3 Å². The smallest absolute Gasteiger partial charge is 0.0348 e. The van der Waals surface area contributed by atoms with E-state index in [1.165, 1.54) is 39.3 Å². The van der Waals surface area contributed by atoms with Gasteiger partial charge in [-0.3, -0.25) is 0 Å². The first-order valence-corrected chi connectivity index (χ1v) is 7.44. The van der Waals surface area contributed by atoms with E-state index in [0.717, 1.165) is 12.6 Å². The average Bonchev–Trinajstić information content (AvgIpc) is 3.05. The fraction of sp³-hybridized carbons (Fsp3) is 0.375. The lowest BCUT2D eigenvalue weighted by Crippen LogP contribution is -2.14. The molecule has 1 N–H and O–H groups in total. The van der Waals surface area contributed by atoms with E-state index in [2.05, 4.69) is 49.5 Å². The molecular formula is C16H19NS. The van der Waals surface area contributed by atoms with Crippen LogP contribution in [0.3, 0.4) is 0 Å². The van der Waals surface area contributed by atoms with E-state index in [4.69, 9.17) is 0 Å². The summed E-state index contributed by atoms with van der Waals surface area (Å²) in [6.45, 7) is 5.38. The molecule has 0 atom stereocenters. The Bertz CT molecular complexity index is 552. The highest BCUT2D eigenvalue weighted by molar-refractivity contribution is 7.15. The molecule has 0 spiro atoms. The number of aryl methyl sites for hydroxylation is 2. The van der Waals surface area contributed by atoms with Gasteiger partial charge in [-0.2, -0.15) is 0 Å². The second-order valence-corrected chi connectivity index (χ2v) is 6.41. The van der Waals surface area contributed by atoms with Crippen molar-refractivity contribution < 1.29 is 0 Å². The Morgan fingerprint density at radius 1 is 1.17 bits per heavy atom. The Morgan fingerprint density at radius 2 is 2.00 bits per heavy atom. The Balaban J connectivity index is 1.78. The van der Waals surface area contributed by atoms with Crippen LogP contribution in [0.15, 0.2) is 30.3 Å². The van der Waals surface area contributed by atoms with Crippen LogP contribution < -0.4 is 5.32 Å². The second kappa shape index (κ2) is 4.87. The van der Waals surface area contributed by atoms with E-state index in [1.54, 1.807) is 0 Å². The van der Waals surface area contributed by atoms with Crippen molar-refractivity contribution in [2.75, 3.05) is 0 Å². The molecule has 1 aliphatic rings. The largest absolute Gasteiger partial charge is 0.309 e. The van der Waals surface area contributed by atoms with E-state index in [0.29, 0.717) is 0 Å². The van der Waals surface area contributed by atoms with Gasteiger partial charge < -0.3 is 5.32 Å². The monoisotopic (exact) mass is 257 g/mol. The topological polar surface area (TPSA) is 12.0 Å². The lowest BCUT2D eigenvalue weighted by molar-refractivity contribution is 0.695. The standard InChI is InChI=1S/C16H19NS/c1-11-3-7-15(12(2)9-11)16-8-6-14(18-16)10-17-13-4-5-13/h3,6-9,13,17H,4-5,10H2,1-2H3. The Morgan fingerprint density at radius 3 is 2.72 bits per heavy atom. The molecule has 94 valence electrons. The highest BCUT2D eigenvalue weighted by Crippen LogP contribution is 2.31. The minimum Gasteiger partial charge on any atom is -0.309 e. The summed E-state index contributed by atoms with van der Waals surface area (Å²) >= 11 is 1.91. The second-order valence-electron chi connectivity index (χ2n) is 5.24. The predicted octanol–water partition coefficient (Wildman–Crippen LogP) is 4.28. The molecule has 1 aromatic heterocycles. The molecule has 0 aliphatic heterocycles. The predicted molar refractivity (Wildman–Crippen MR) is 79.1 cm³/mol. The van der Waals surface area contributed by atoms with Crippen LogP contribution in [-0.2, 0) is 6.54 Å². The van der Waals surface area contributed by atoms with Crippen LogP contribution >= 0.6 is 11.3 Å². The molecule has 1 fully saturated rings. The van der Waals surface area contributed by atoms with Gasteiger partial charge in [0.1, 0.15) is 0 Å². The maximum Gasteiger partial charge on any atom is 0.0348 e. The highest BCUT2D eigenvalue weighted by atomic mass is 32.1. The first kappa shape index (κ1) is 11.9. The highest BCUT2D eigenvalue weighted by Gasteiger charge is 2.20. The molecule has 0 saturated heterocycles. The summed E-state index contributed by atoms with van der Waals surface area (Å²) in [6, 6.07) is 12.0. The fourth-order valence-corrected chi connectivity index (χ4v) is 3.29. The van der Waals surface area contributed by atoms with Gasteiger partial charge in [0.25, 0.3) is 0 Å². The minimum absolute atomic E-state index is 0.789. The summed E-state index contributed by atoms with van der Waals surface area (Å²) in [5.74, 6) is 0. The number of hydrogen-bond acceptors (Lipinski definition) is 2. The van der Waals surface area contributed by atoms with Crippen molar-refractivity contribution in [2.24, 2.45) is 0 Å². The minimum atomic E-state index is 0.789. The van der Waals surface area contributed by atoms with Crippen molar-refractivity contribution in [3.05, 3.63) is 46.3 Å². The quantitative estimate of drug-likeness (QED) is 0.862. The van der Waals surface area contributed by atoms with E-state index < -0.39 is 0 Å². The third-order valence-electron chi connectivity index (χ3n) is 3.45. The fourth-order valence-electron chi connectivity index (χ4n) is 2.24. The van der Waals surface area contributed by atoms with Crippen LogP contribution in [-0.4, -0.2) is 6.04 Å². The molecule has 2 heteroatoms. The van der Waals surface area contributed by atoms with Gasteiger partial charge in [-0.25, -0.2) is 0 Å². The van der Waals surface area contributed by atoms with Gasteiger partial charge in [0, 0.05) is 22.3 Å². The van der Waals surface area contributed by atoms with Gasteiger partial charge in [0.2, 0.25) is 0 Å². The number of thiophene rings is 1. The van der Waals surface area contributed by atoms with Crippen LogP contribution in [0.5, 0.6) is 0 Å². The van der Waals surface area contributed by atoms with Gasteiger partial charge in [0.05, 0.1) is 0 Å². The van der Waals surface area contributed by atoms with Gasteiger partial charge in [-0.05, 0) is 49.9 Å². The molecule has 0 amide bonds. The maximum atomic E-state index is 3.57. The first-order chi connectivity index (χ1) is 8.72. The molecule has 1 heterocycles. The number of nitrogens with one attached hydrogen (secondary N) is 1. The molecule has 0 unspecified atom stereocenters. The molecule has 2 aromatic rings. The Hall–Kier alpha value is -1.12. The maximum absolute atomic E-state index is 3.57. The molecule has 0 radical (unpaired) electrons. The van der Waals surface area contributed by atoms with Crippen LogP contribution in [0.4, 0.5) is 0 Å². The van der Waals surface area contributed by atoms with E-state index in [-0.39, 0.29) is 0 Å². The van der Waals surface area contributed by atoms with Gasteiger partial charge in [0.15, 0.2) is 0 Å². The summed E-state index contributed by atoms with van der Waals surface area (Å²) in [5.41, 5.74) is 4.09. The summed E-state index contributed by atoms with van der Waals surface area (Å²) in [5, 5.41) is 3.57. The van der Waals surface area contributed by atoms with Crippen LogP contribution in [0.25, 0.3) is 10.4 Å².